The molecule has 16 nitrogen and oxygen atoms in total. The monoisotopic (exact) mass is 1050 g/mol. The minimum atomic E-state index is -1.10. The molecule has 370 valence electrons. The molecule has 2 unspecified atom stereocenters. The molecule has 12 aromatic rings. The predicted molar refractivity (Wildman–Crippen MR) is 306 cm³/mol. The van der Waals surface area contributed by atoms with Gasteiger partial charge in [-0.05, 0) is 108 Å². The van der Waals surface area contributed by atoms with Gasteiger partial charge >= 0.3 is 11.8 Å². The highest BCUT2D eigenvalue weighted by atomic mass is 15.7. The summed E-state index contributed by atoms with van der Waals surface area (Å²) in [5.74, 6) is 7.89. The third-order valence-electron chi connectivity index (χ3n) is 19.3. The summed E-state index contributed by atoms with van der Waals surface area (Å²) >= 11 is 0. The van der Waals surface area contributed by atoms with Crippen LogP contribution in [0, 0.1) is 0 Å². The second kappa shape index (κ2) is 12.0. The van der Waals surface area contributed by atoms with Gasteiger partial charge in [-0.3, -0.25) is 0 Å². The van der Waals surface area contributed by atoms with Gasteiger partial charge in [0.05, 0.1) is 44.5 Å². The van der Waals surface area contributed by atoms with Gasteiger partial charge in [0.15, 0.2) is 0 Å². The highest BCUT2D eigenvalue weighted by molar-refractivity contribution is 6.23. The summed E-state index contributed by atoms with van der Waals surface area (Å²) < 4.78 is 18.9. The van der Waals surface area contributed by atoms with E-state index in [1.165, 1.54) is 0 Å². The Morgan fingerprint density at radius 1 is 0.244 bits per heavy atom. The summed E-state index contributed by atoms with van der Waals surface area (Å²) in [7, 11) is 0. The Morgan fingerprint density at radius 2 is 0.512 bits per heavy atom. The molecule has 0 radical (unpaired) electrons. The van der Waals surface area contributed by atoms with Gasteiger partial charge in [0.1, 0.15) is 0 Å². The van der Waals surface area contributed by atoms with Gasteiger partial charge in [-0.15, -0.1) is 18.3 Å². The Hall–Kier alpha value is -11.5. The van der Waals surface area contributed by atoms with Crippen molar-refractivity contribution in [3.8, 4) is 11.1 Å². The van der Waals surface area contributed by atoms with Crippen LogP contribution < -0.4 is 22.0 Å². The van der Waals surface area contributed by atoms with Gasteiger partial charge in [0.25, 0.3) is 46.7 Å². The van der Waals surface area contributed by atoms with Crippen molar-refractivity contribution in [3.63, 3.8) is 0 Å². The molecule has 0 amide bonds. The second-order valence-electron chi connectivity index (χ2n) is 22.7. The van der Waals surface area contributed by atoms with Crippen LogP contribution in [-0.4, -0.2) is 83.3 Å². The molecule has 0 bridgehead atoms. The van der Waals surface area contributed by atoms with Crippen molar-refractivity contribution < 1.29 is 18.3 Å². The summed E-state index contributed by atoms with van der Waals surface area (Å²) in [5, 5.41) is 8.30. The van der Waals surface area contributed by atoms with E-state index in [0.29, 0.717) is 0 Å². The zero-order chi connectivity index (χ0) is 52.1. The van der Waals surface area contributed by atoms with Crippen molar-refractivity contribution in [2.24, 2.45) is 39.9 Å². The lowest BCUT2D eigenvalue weighted by Crippen LogP contribution is -2.71. The third-order valence-corrected chi connectivity index (χ3v) is 19.3. The van der Waals surface area contributed by atoms with Gasteiger partial charge < -0.3 is 0 Å². The van der Waals surface area contributed by atoms with E-state index >= 15 is 0 Å². The van der Waals surface area contributed by atoms with Gasteiger partial charge in [0, 0.05) is 43.1 Å². The van der Waals surface area contributed by atoms with Gasteiger partial charge in [0.2, 0.25) is 45.2 Å². The Labute approximate surface area is 458 Å². The van der Waals surface area contributed by atoms with E-state index in [-0.39, 0.29) is 0 Å². The summed E-state index contributed by atoms with van der Waals surface area (Å²) in [5.41, 5.74) is 13.6. The van der Waals surface area contributed by atoms with Crippen LogP contribution in [0.15, 0.2) is 222 Å². The maximum atomic E-state index is 5.79. The fourth-order valence-electron chi connectivity index (χ4n) is 16.2. The maximum Gasteiger partial charge on any atom is 0.404 e. The quantitative estimate of drug-likeness (QED) is 0.152. The second-order valence-corrected chi connectivity index (χ2v) is 22.7. The van der Waals surface area contributed by atoms with Crippen molar-refractivity contribution in [1.29, 1.82) is 0 Å². The van der Waals surface area contributed by atoms with Gasteiger partial charge in [-0.2, -0.15) is 18.3 Å². The van der Waals surface area contributed by atoms with Crippen LogP contribution in [0.4, 0.5) is 23.3 Å². The topological polar surface area (TPSA) is 131 Å². The third kappa shape index (κ3) is 3.65. The first kappa shape index (κ1) is 38.9. The number of hydrogen-bond donors (Lipinski definition) is 0. The van der Waals surface area contributed by atoms with Crippen molar-refractivity contribution >= 4 is 113 Å². The molecule has 12 aliphatic heterocycles. The highest BCUT2D eigenvalue weighted by Gasteiger charge is 2.72. The van der Waals surface area contributed by atoms with E-state index in [9.17, 15) is 0 Å². The largest absolute Gasteiger partial charge is 0.404 e. The first-order chi connectivity index (χ1) is 40.7. The zero-order valence-corrected chi connectivity index (χ0v) is 42.5. The lowest BCUT2D eigenvalue weighted by atomic mass is 9.96. The molecular weight excluding hydrogens is 1020 g/mol. The molecule has 0 fully saturated rings. The molecule has 12 aliphatic rings. The summed E-state index contributed by atoms with van der Waals surface area (Å²) in [6.45, 7) is 0. The lowest BCUT2D eigenvalue weighted by molar-refractivity contribution is -0.791. The fraction of sp³-hybridized carbons (Fsp3) is 0.0303. The molecule has 0 saturated carbocycles. The summed E-state index contributed by atoms with van der Waals surface area (Å²) in [6, 6.07) is 65.0. The molecule has 0 saturated heterocycles. The van der Waals surface area contributed by atoms with Crippen LogP contribution in [-0.2, 0) is 11.8 Å². The maximum absolute atomic E-state index is 5.79. The molecule has 8 aromatic carbocycles. The Bertz CT molecular complexity index is 5760. The average molecular weight is 1050 g/mol. The molecule has 4 aromatic heterocycles. The summed E-state index contributed by atoms with van der Waals surface area (Å²) in [6.07, 6.45) is 0. The van der Waals surface area contributed by atoms with Crippen LogP contribution in [0.5, 0.6) is 0 Å². The van der Waals surface area contributed by atoms with Crippen molar-refractivity contribution in [1.82, 2.24) is 18.3 Å². The van der Waals surface area contributed by atoms with Crippen molar-refractivity contribution in [2.75, 3.05) is 0 Å². The fourth-order valence-corrected chi connectivity index (χ4v) is 16.2. The first-order valence-corrected chi connectivity index (χ1v) is 27.6. The Balaban J connectivity index is 0.769. The standard InChI is InChI=1S/C66H30N16/c1-3-15-35-33(13-1)49-67-53-37-17-5-7-19-39(37)57-71-61-45-27-25-31(29-47(45)63-73-59-43-23-11-9-21-41(43)55-69-51(35)75(49)65(77(53)57,79(55)59)81(61)63)32-26-28-46-48(30-32)64-74-60-44-24-12-10-22-42(44)56-70-52-36-16-4-2-14-34(36)50-68-54-38-18-6-8-20-40(38)58-72-62(46)82(64)66(76(50)52,78(54)58)80(56)60/h1-30H/q+4. The summed E-state index contributed by atoms with van der Waals surface area (Å²) in [4.78, 5) is 45.4. The van der Waals surface area contributed by atoms with Crippen molar-refractivity contribution in [3.05, 3.63) is 248 Å². The number of rotatable bonds is 1. The van der Waals surface area contributed by atoms with E-state index < -0.39 is 11.8 Å². The number of aromatic nitrogens is 4. The van der Waals surface area contributed by atoms with Gasteiger partial charge in [-0.25, -0.2) is 0 Å². The molecule has 24 rings (SSSR count). The van der Waals surface area contributed by atoms with E-state index in [2.05, 4.69) is 219 Å². The normalized spacial score (nSPS) is 21.0. The van der Waals surface area contributed by atoms with Crippen LogP contribution in [0.3, 0.4) is 0 Å². The number of fused-ring (bicyclic) bond motifs is 24. The van der Waals surface area contributed by atoms with Gasteiger partial charge in [-0.1, -0.05) is 125 Å². The molecule has 16 heterocycles. The number of hydrogen-bond acceptors (Lipinski definition) is 8. The van der Waals surface area contributed by atoms with Crippen molar-refractivity contribution in [2.45, 2.75) is 11.8 Å². The Morgan fingerprint density at radius 3 is 0.841 bits per heavy atom. The van der Waals surface area contributed by atoms with E-state index in [1.54, 1.807) is 0 Å². The average Bonchev–Trinajstić information content (AvgIpc) is 1.52. The van der Waals surface area contributed by atoms with Crippen LogP contribution in [0.1, 0.15) is 44.5 Å². The molecule has 2 atom stereocenters. The van der Waals surface area contributed by atoms with Crippen LogP contribution in [0.25, 0.3) is 54.2 Å². The smallest absolute Gasteiger partial charge is 0.192 e. The number of amidine groups is 8. The van der Waals surface area contributed by atoms with E-state index in [4.69, 9.17) is 39.9 Å². The van der Waals surface area contributed by atoms with E-state index in [1.807, 2.05) is 0 Å². The predicted octanol–water partition coefficient (Wildman–Crippen LogP) is 7.40. The SMILES string of the molecule is c1ccc2c(c1)C1=Nc3c4ccccc4c4n3C35n6c(c7ccccc7c6=NC6=[N+]3C(=N4)c3cc(-c4ccc7c(c4)C4=Nc8c9ccccc9c9n8C8%10n%11c(c%12ccccc%12c%11=NC7=[N+]48)=NC4=[N+]%10C(=N9)c7ccccc74)ccc36)=NC2=[N+]15. The Kier molecular flexibility index (Phi) is 5.72. The molecule has 82 heavy (non-hydrogen) atoms. The molecule has 16 heteroatoms. The van der Waals surface area contributed by atoms with Crippen LogP contribution >= 0.6 is 0 Å². The number of benzene rings is 8. The molecule has 0 aliphatic carbocycles. The zero-order valence-electron chi connectivity index (χ0n) is 42.5. The lowest BCUT2D eigenvalue weighted by Gasteiger charge is -2.40. The number of nitrogens with zero attached hydrogens (tertiary/aromatic N) is 16. The molecular formula is C66H30N16+4. The minimum absolute atomic E-state index is 0.818. The molecule has 2 spiro atoms. The molecule has 0 N–H and O–H groups in total. The first-order valence-electron chi connectivity index (χ1n) is 27.6. The minimum Gasteiger partial charge on any atom is -0.192 e. The highest BCUT2D eigenvalue weighted by Crippen LogP contribution is 2.55. The van der Waals surface area contributed by atoms with Crippen LogP contribution in [0.2, 0.25) is 0 Å². The van der Waals surface area contributed by atoms with E-state index in [0.717, 1.165) is 191 Å². The number of aliphatic imine (C=N–C) groups is 4.